The van der Waals surface area contributed by atoms with Crippen molar-refractivity contribution < 1.29 is 4.74 Å². The highest BCUT2D eigenvalue weighted by atomic mass is 16.5. The SMILES string of the molecule is COCCCN1CCCNCC1C. The first-order chi connectivity index (χ1) is 6.34. The van der Waals surface area contributed by atoms with Crippen molar-refractivity contribution in [2.75, 3.05) is 39.9 Å². The van der Waals surface area contributed by atoms with Crippen LogP contribution in [0.25, 0.3) is 0 Å². The molecule has 3 heteroatoms. The highest BCUT2D eigenvalue weighted by Crippen LogP contribution is 2.04. The number of hydrogen-bond acceptors (Lipinski definition) is 3. The van der Waals surface area contributed by atoms with Gasteiger partial charge in [0.15, 0.2) is 0 Å². The van der Waals surface area contributed by atoms with E-state index in [1.807, 2.05) is 0 Å². The zero-order chi connectivity index (χ0) is 9.52. The third-order valence-electron chi connectivity index (χ3n) is 2.66. The summed E-state index contributed by atoms with van der Waals surface area (Å²) >= 11 is 0. The topological polar surface area (TPSA) is 24.5 Å². The van der Waals surface area contributed by atoms with E-state index in [0.717, 1.165) is 19.6 Å². The first-order valence-electron chi connectivity index (χ1n) is 5.28. The average molecular weight is 186 g/mol. The van der Waals surface area contributed by atoms with Gasteiger partial charge >= 0.3 is 0 Å². The van der Waals surface area contributed by atoms with Gasteiger partial charge in [-0.25, -0.2) is 0 Å². The molecule has 0 radical (unpaired) electrons. The van der Waals surface area contributed by atoms with Crippen LogP contribution >= 0.6 is 0 Å². The Morgan fingerprint density at radius 1 is 1.54 bits per heavy atom. The Bertz CT molecular complexity index is 130. The molecule has 78 valence electrons. The third-order valence-corrected chi connectivity index (χ3v) is 2.66. The van der Waals surface area contributed by atoms with Gasteiger partial charge in [0.2, 0.25) is 0 Å². The molecular weight excluding hydrogens is 164 g/mol. The fourth-order valence-electron chi connectivity index (χ4n) is 1.81. The van der Waals surface area contributed by atoms with E-state index in [-0.39, 0.29) is 0 Å². The standard InChI is InChI=1S/C10H22N2O/c1-10-9-11-5-3-6-12(10)7-4-8-13-2/h10-11H,3-9H2,1-2H3. The Kier molecular flexibility index (Phi) is 5.35. The molecule has 0 aromatic carbocycles. The van der Waals surface area contributed by atoms with Crippen molar-refractivity contribution in [1.29, 1.82) is 0 Å². The Morgan fingerprint density at radius 3 is 3.15 bits per heavy atom. The Balaban J connectivity index is 2.19. The van der Waals surface area contributed by atoms with E-state index in [1.54, 1.807) is 7.11 Å². The normalized spacial score (nSPS) is 25.8. The van der Waals surface area contributed by atoms with E-state index < -0.39 is 0 Å². The lowest BCUT2D eigenvalue weighted by Gasteiger charge is -2.26. The van der Waals surface area contributed by atoms with Crippen LogP contribution in [0, 0.1) is 0 Å². The van der Waals surface area contributed by atoms with Gasteiger partial charge in [-0.15, -0.1) is 0 Å². The number of hydrogen-bond donors (Lipinski definition) is 1. The van der Waals surface area contributed by atoms with Crippen LogP contribution in [0.5, 0.6) is 0 Å². The summed E-state index contributed by atoms with van der Waals surface area (Å²) in [6.45, 7) is 7.90. The molecule has 0 saturated carbocycles. The maximum absolute atomic E-state index is 5.06. The lowest BCUT2D eigenvalue weighted by molar-refractivity contribution is 0.158. The molecule has 0 spiro atoms. The molecule has 0 bridgehead atoms. The summed E-state index contributed by atoms with van der Waals surface area (Å²) in [5.74, 6) is 0. The summed E-state index contributed by atoms with van der Waals surface area (Å²) in [5.41, 5.74) is 0. The molecule has 1 unspecified atom stereocenters. The summed E-state index contributed by atoms with van der Waals surface area (Å²) in [4.78, 5) is 2.55. The monoisotopic (exact) mass is 186 g/mol. The molecule has 1 fully saturated rings. The smallest absolute Gasteiger partial charge is 0.0474 e. The van der Waals surface area contributed by atoms with E-state index in [0.29, 0.717) is 6.04 Å². The van der Waals surface area contributed by atoms with Crippen LogP contribution in [-0.2, 0) is 4.74 Å². The molecule has 1 rings (SSSR count). The van der Waals surface area contributed by atoms with Gasteiger partial charge in [-0.05, 0) is 32.9 Å². The predicted molar refractivity (Wildman–Crippen MR) is 55.0 cm³/mol. The van der Waals surface area contributed by atoms with Crippen molar-refractivity contribution in [3.63, 3.8) is 0 Å². The highest BCUT2D eigenvalue weighted by molar-refractivity contribution is 4.73. The van der Waals surface area contributed by atoms with Crippen LogP contribution in [0.1, 0.15) is 19.8 Å². The molecule has 1 heterocycles. The number of nitrogens with zero attached hydrogens (tertiary/aromatic N) is 1. The van der Waals surface area contributed by atoms with Crippen molar-refractivity contribution in [2.45, 2.75) is 25.8 Å². The Labute approximate surface area is 81.4 Å². The van der Waals surface area contributed by atoms with E-state index >= 15 is 0 Å². The molecular formula is C10H22N2O. The zero-order valence-electron chi connectivity index (χ0n) is 8.88. The molecule has 3 nitrogen and oxygen atoms in total. The van der Waals surface area contributed by atoms with Gasteiger partial charge in [-0.2, -0.15) is 0 Å². The van der Waals surface area contributed by atoms with Crippen molar-refractivity contribution in [1.82, 2.24) is 10.2 Å². The predicted octanol–water partition coefficient (Wildman–Crippen LogP) is 0.707. The van der Waals surface area contributed by atoms with E-state index in [4.69, 9.17) is 4.74 Å². The fraction of sp³-hybridized carbons (Fsp3) is 1.00. The molecule has 1 N–H and O–H groups in total. The van der Waals surface area contributed by atoms with Crippen molar-refractivity contribution in [2.24, 2.45) is 0 Å². The van der Waals surface area contributed by atoms with Crippen LogP contribution < -0.4 is 5.32 Å². The van der Waals surface area contributed by atoms with Crippen LogP contribution in [0.2, 0.25) is 0 Å². The Morgan fingerprint density at radius 2 is 2.38 bits per heavy atom. The summed E-state index contributed by atoms with van der Waals surface area (Å²) in [6.07, 6.45) is 2.43. The number of ether oxygens (including phenoxy) is 1. The first kappa shape index (κ1) is 11.0. The Hall–Kier alpha value is -0.120. The second kappa shape index (κ2) is 6.35. The van der Waals surface area contributed by atoms with Crippen LogP contribution in [0.4, 0.5) is 0 Å². The van der Waals surface area contributed by atoms with Gasteiger partial charge in [0.25, 0.3) is 0 Å². The molecule has 1 aliphatic heterocycles. The van der Waals surface area contributed by atoms with Gasteiger partial charge in [0, 0.05) is 32.8 Å². The average Bonchev–Trinajstić information content (AvgIpc) is 2.32. The molecule has 1 aliphatic rings. The van der Waals surface area contributed by atoms with E-state index in [1.165, 1.54) is 26.1 Å². The van der Waals surface area contributed by atoms with Crippen molar-refractivity contribution in [3.8, 4) is 0 Å². The molecule has 0 aromatic heterocycles. The van der Waals surface area contributed by atoms with Gasteiger partial charge in [0.1, 0.15) is 0 Å². The second-order valence-electron chi connectivity index (χ2n) is 3.79. The van der Waals surface area contributed by atoms with Gasteiger partial charge < -0.3 is 10.1 Å². The summed E-state index contributed by atoms with van der Waals surface area (Å²) in [5, 5.41) is 3.44. The first-order valence-corrected chi connectivity index (χ1v) is 5.28. The fourth-order valence-corrected chi connectivity index (χ4v) is 1.81. The van der Waals surface area contributed by atoms with Crippen molar-refractivity contribution >= 4 is 0 Å². The van der Waals surface area contributed by atoms with Crippen LogP contribution in [-0.4, -0.2) is 50.8 Å². The molecule has 1 saturated heterocycles. The summed E-state index contributed by atoms with van der Waals surface area (Å²) in [7, 11) is 1.77. The van der Waals surface area contributed by atoms with Crippen LogP contribution in [0.15, 0.2) is 0 Å². The minimum Gasteiger partial charge on any atom is -0.385 e. The summed E-state index contributed by atoms with van der Waals surface area (Å²) in [6, 6.07) is 0.680. The molecule has 0 aromatic rings. The van der Waals surface area contributed by atoms with Gasteiger partial charge in [0.05, 0.1) is 0 Å². The zero-order valence-corrected chi connectivity index (χ0v) is 8.88. The molecule has 0 aliphatic carbocycles. The molecule has 0 amide bonds. The number of methoxy groups -OCH3 is 1. The maximum Gasteiger partial charge on any atom is 0.0474 e. The largest absolute Gasteiger partial charge is 0.385 e. The lowest BCUT2D eigenvalue weighted by atomic mass is 10.2. The third kappa shape index (κ3) is 4.07. The van der Waals surface area contributed by atoms with Gasteiger partial charge in [-0.3, -0.25) is 4.90 Å². The van der Waals surface area contributed by atoms with Crippen LogP contribution in [0.3, 0.4) is 0 Å². The van der Waals surface area contributed by atoms with Crippen molar-refractivity contribution in [3.05, 3.63) is 0 Å². The maximum atomic E-state index is 5.06. The van der Waals surface area contributed by atoms with E-state index in [2.05, 4.69) is 17.1 Å². The summed E-state index contributed by atoms with van der Waals surface area (Å²) < 4.78 is 5.06. The molecule has 1 atom stereocenters. The van der Waals surface area contributed by atoms with Gasteiger partial charge in [-0.1, -0.05) is 0 Å². The second-order valence-corrected chi connectivity index (χ2v) is 3.79. The highest BCUT2D eigenvalue weighted by Gasteiger charge is 2.15. The number of nitrogens with one attached hydrogen (secondary N) is 1. The minimum absolute atomic E-state index is 0.680. The minimum atomic E-state index is 0.680. The molecule has 13 heavy (non-hydrogen) atoms. The lowest BCUT2D eigenvalue weighted by Crippen LogP contribution is -2.38. The number of rotatable bonds is 4. The quantitative estimate of drug-likeness (QED) is 0.654. The van der Waals surface area contributed by atoms with E-state index in [9.17, 15) is 0 Å².